The summed E-state index contributed by atoms with van der Waals surface area (Å²) in [7, 11) is 3.05. The van der Waals surface area contributed by atoms with E-state index in [0.717, 1.165) is 67.9 Å². The van der Waals surface area contributed by atoms with Crippen molar-refractivity contribution in [2.24, 2.45) is 7.05 Å². The molecule has 2 aliphatic heterocycles. The molecule has 12 nitrogen and oxygen atoms in total. The van der Waals surface area contributed by atoms with Crippen molar-refractivity contribution in [3.8, 4) is 17.2 Å². The average Bonchev–Trinajstić information content (AvgIpc) is 3.69. The molecule has 0 bridgehead atoms. The number of carbonyl (C=O) groups is 1. The van der Waals surface area contributed by atoms with Gasteiger partial charge < -0.3 is 33.9 Å². The number of rotatable bonds is 10. The van der Waals surface area contributed by atoms with E-state index in [1.807, 2.05) is 29.2 Å². The molecule has 2 fully saturated rings. The van der Waals surface area contributed by atoms with Crippen molar-refractivity contribution in [2.75, 3.05) is 65.6 Å². The zero-order chi connectivity index (χ0) is 36.9. The molecule has 0 saturated carbocycles. The van der Waals surface area contributed by atoms with E-state index in [4.69, 9.17) is 46.9 Å². The van der Waals surface area contributed by atoms with Crippen molar-refractivity contribution < 1.29 is 32.0 Å². The van der Waals surface area contributed by atoms with Gasteiger partial charge in [0.25, 0.3) is 16.0 Å². The first-order valence-corrected chi connectivity index (χ1v) is 19.2. The highest BCUT2D eigenvalue weighted by Gasteiger charge is 2.42. The second kappa shape index (κ2) is 16.3. The molecule has 0 unspecified atom stereocenters. The van der Waals surface area contributed by atoms with Crippen LogP contribution in [0.2, 0.25) is 10.0 Å². The second-order valence-corrected chi connectivity index (χ2v) is 15.3. The van der Waals surface area contributed by atoms with Crippen LogP contribution < -0.4 is 19.5 Å². The number of imidazole rings is 1. The number of fused-ring (bicyclic) bond motifs is 1. The summed E-state index contributed by atoms with van der Waals surface area (Å²) in [5.74, 6) is 2.21. The highest BCUT2D eigenvalue weighted by molar-refractivity contribution is 7.85. The number of para-hydroxylation sites is 2. The van der Waals surface area contributed by atoms with E-state index in [9.17, 15) is 13.2 Å². The summed E-state index contributed by atoms with van der Waals surface area (Å²) in [5.41, 5.74) is 3.48. The van der Waals surface area contributed by atoms with Gasteiger partial charge in [0.1, 0.15) is 0 Å². The van der Waals surface area contributed by atoms with E-state index in [2.05, 4.69) is 40.0 Å². The lowest BCUT2D eigenvalue weighted by Gasteiger charge is -2.36. The van der Waals surface area contributed by atoms with Gasteiger partial charge >= 0.3 is 0 Å². The Kier molecular flexibility index (Phi) is 12.3. The molecule has 276 valence electrons. The molecule has 4 aromatic rings. The van der Waals surface area contributed by atoms with Crippen LogP contribution in [-0.2, 0) is 22.6 Å². The Hall–Kier alpha value is -3.75. The molecule has 0 spiro atoms. The standard InChI is InChI=1S/C35H41Cl2N5O4.CH4O3S/c1-40-29-8-6-5-7-28(29)39-34(40)38-25-11-15-41(16-12-25)17-13-35(24-9-10-26(36)27(37)21-24)14-18-42(22-35)33(43)23-19-30(44-2)32(46-4)31(20-23)45-3;1-5(2,3)4/h5-10,19-21,25H,11-18,22H2,1-4H3,(H,38,39);1H3,(H,2,3,4)/t35-;/m1./s1. The lowest BCUT2D eigenvalue weighted by Crippen LogP contribution is -2.42. The van der Waals surface area contributed by atoms with Crippen LogP contribution in [0, 0.1) is 0 Å². The number of likely N-dealkylation sites (tertiary alicyclic amines) is 2. The van der Waals surface area contributed by atoms with Crippen LogP contribution in [0.25, 0.3) is 11.0 Å². The molecule has 1 aromatic heterocycles. The van der Waals surface area contributed by atoms with Crippen LogP contribution in [0.5, 0.6) is 17.2 Å². The third-order valence-corrected chi connectivity index (χ3v) is 10.4. The third kappa shape index (κ3) is 9.19. The fourth-order valence-corrected chi connectivity index (χ4v) is 7.27. The van der Waals surface area contributed by atoms with Gasteiger partial charge in [-0.3, -0.25) is 9.35 Å². The number of benzene rings is 3. The molecule has 1 atom stereocenters. The molecule has 3 aromatic carbocycles. The largest absolute Gasteiger partial charge is 0.493 e. The molecule has 15 heteroatoms. The Labute approximate surface area is 309 Å². The predicted molar refractivity (Wildman–Crippen MR) is 201 cm³/mol. The van der Waals surface area contributed by atoms with Gasteiger partial charge in [0.05, 0.1) is 48.7 Å². The van der Waals surface area contributed by atoms with Gasteiger partial charge in [-0.1, -0.05) is 41.4 Å². The molecule has 2 aliphatic rings. The lowest BCUT2D eigenvalue weighted by atomic mass is 9.76. The summed E-state index contributed by atoms with van der Waals surface area (Å²) in [6.45, 7) is 4.11. The maximum absolute atomic E-state index is 13.9. The first-order chi connectivity index (χ1) is 24.2. The number of amides is 1. The molecule has 3 heterocycles. The van der Waals surface area contributed by atoms with Crippen LogP contribution in [0.4, 0.5) is 5.95 Å². The predicted octanol–water partition coefficient (Wildman–Crippen LogP) is 6.16. The van der Waals surface area contributed by atoms with E-state index < -0.39 is 10.1 Å². The quantitative estimate of drug-likeness (QED) is 0.181. The molecular formula is C36H45Cl2N5O7S. The molecule has 2 saturated heterocycles. The minimum Gasteiger partial charge on any atom is -0.493 e. The first kappa shape index (κ1) is 38.5. The number of aromatic nitrogens is 2. The van der Waals surface area contributed by atoms with E-state index in [1.54, 1.807) is 33.5 Å². The zero-order valence-corrected chi connectivity index (χ0v) is 31.8. The van der Waals surface area contributed by atoms with Crippen molar-refractivity contribution in [1.82, 2.24) is 19.4 Å². The number of nitrogens with zero attached hydrogens (tertiary/aromatic N) is 4. The van der Waals surface area contributed by atoms with Gasteiger partial charge in [-0.2, -0.15) is 8.42 Å². The Balaban J connectivity index is 0.000000943. The monoisotopic (exact) mass is 761 g/mol. The Morgan fingerprint density at radius 3 is 2.22 bits per heavy atom. The van der Waals surface area contributed by atoms with Gasteiger partial charge in [0, 0.05) is 50.2 Å². The van der Waals surface area contributed by atoms with Gasteiger partial charge in [-0.25, -0.2) is 4.98 Å². The van der Waals surface area contributed by atoms with Gasteiger partial charge in [-0.15, -0.1) is 0 Å². The minimum absolute atomic E-state index is 0.0741. The van der Waals surface area contributed by atoms with Crippen molar-refractivity contribution in [1.29, 1.82) is 0 Å². The first-order valence-electron chi connectivity index (χ1n) is 16.6. The maximum Gasteiger partial charge on any atom is 0.261 e. The Bertz CT molecular complexity index is 1930. The molecule has 2 N–H and O–H groups in total. The fraction of sp³-hybridized carbons (Fsp3) is 0.444. The van der Waals surface area contributed by atoms with E-state index in [-0.39, 0.29) is 11.3 Å². The number of hydrogen-bond donors (Lipinski definition) is 2. The molecule has 0 radical (unpaired) electrons. The number of carbonyl (C=O) groups excluding carboxylic acids is 1. The van der Waals surface area contributed by atoms with Crippen LogP contribution in [-0.4, -0.2) is 105 Å². The maximum atomic E-state index is 13.9. The van der Waals surface area contributed by atoms with Crippen LogP contribution in [0.3, 0.4) is 0 Å². The number of piperidine rings is 1. The van der Waals surface area contributed by atoms with Crippen molar-refractivity contribution >= 4 is 56.2 Å². The summed E-state index contributed by atoms with van der Waals surface area (Å²) in [6.07, 6.45) is 4.51. The smallest absolute Gasteiger partial charge is 0.261 e. The van der Waals surface area contributed by atoms with Crippen LogP contribution in [0.15, 0.2) is 54.6 Å². The number of anilines is 1. The summed E-state index contributed by atoms with van der Waals surface area (Å²) < 4.78 is 44.5. The number of hydrogen-bond acceptors (Lipinski definition) is 9. The second-order valence-electron chi connectivity index (χ2n) is 13.0. The third-order valence-electron chi connectivity index (χ3n) is 9.70. The highest BCUT2D eigenvalue weighted by atomic mass is 35.5. The number of aryl methyl sites for hydroxylation is 1. The average molecular weight is 763 g/mol. The fourth-order valence-electron chi connectivity index (χ4n) is 6.97. The normalized spacial score (nSPS) is 18.3. The Morgan fingerprint density at radius 1 is 0.980 bits per heavy atom. The molecular weight excluding hydrogens is 717 g/mol. The van der Waals surface area contributed by atoms with E-state index in [0.29, 0.717) is 58.2 Å². The van der Waals surface area contributed by atoms with Crippen molar-refractivity contribution in [2.45, 2.75) is 37.1 Å². The van der Waals surface area contributed by atoms with Gasteiger partial charge in [0.15, 0.2) is 11.5 Å². The summed E-state index contributed by atoms with van der Waals surface area (Å²) >= 11 is 12.9. The zero-order valence-electron chi connectivity index (χ0n) is 29.5. The summed E-state index contributed by atoms with van der Waals surface area (Å²) in [4.78, 5) is 23.2. The molecule has 6 rings (SSSR count). The number of ether oxygens (including phenoxy) is 3. The van der Waals surface area contributed by atoms with Crippen LogP contribution in [0.1, 0.15) is 41.6 Å². The summed E-state index contributed by atoms with van der Waals surface area (Å²) in [6, 6.07) is 17.9. The van der Waals surface area contributed by atoms with Crippen LogP contribution >= 0.6 is 23.2 Å². The van der Waals surface area contributed by atoms with Gasteiger partial charge in [-0.05, 0) is 74.2 Å². The Morgan fingerprint density at radius 2 is 1.63 bits per heavy atom. The number of methoxy groups -OCH3 is 3. The number of halogens is 2. The van der Waals surface area contributed by atoms with Gasteiger partial charge in [0.2, 0.25) is 11.7 Å². The summed E-state index contributed by atoms with van der Waals surface area (Å²) in [5, 5.41) is 4.74. The molecule has 51 heavy (non-hydrogen) atoms. The lowest BCUT2D eigenvalue weighted by molar-refractivity contribution is 0.0779. The highest BCUT2D eigenvalue weighted by Crippen LogP contribution is 2.43. The van der Waals surface area contributed by atoms with Crippen molar-refractivity contribution in [3.05, 3.63) is 75.8 Å². The van der Waals surface area contributed by atoms with E-state index in [1.165, 1.54) is 0 Å². The number of nitrogens with one attached hydrogen (secondary N) is 1. The van der Waals surface area contributed by atoms with Crippen molar-refractivity contribution in [3.63, 3.8) is 0 Å². The minimum atomic E-state index is -3.67. The molecule has 0 aliphatic carbocycles. The SMILES string of the molecule is COc1cc(C(=O)N2CC[C@@](CCN3CCC(Nc4nc5ccccc5n4C)CC3)(c3ccc(Cl)c(Cl)c3)C2)cc(OC)c1OC.CS(=O)(=O)O. The topological polar surface area (TPSA) is 135 Å². The van der Waals surface area contributed by atoms with E-state index >= 15 is 0 Å². The molecule has 1 amide bonds.